The number of hydrogen-bond acceptors (Lipinski definition) is 2. The highest BCUT2D eigenvalue weighted by Crippen LogP contribution is 2.62. The van der Waals surface area contributed by atoms with E-state index in [4.69, 9.17) is 5.11 Å². The number of carboxylic acid groups (broad SMARTS) is 1. The fraction of sp³-hybridized carbons (Fsp3) is 0.846. The molecule has 0 aromatic rings. The molecular weight excluding hydrogens is 232 g/mol. The standard InChI is InChI=1S/C13H24N2O3/c1-7-13(6,9(16)17)15-10(18)14-8-11(2,3)12(8,4)5/h8H,7H2,1-6H3,(H,16,17)(H2,14,15,18). The van der Waals surface area contributed by atoms with Gasteiger partial charge < -0.3 is 15.7 Å². The maximum absolute atomic E-state index is 11.9. The molecule has 5 nitrogen and oxygen atoms in total. The quantitative estimate of drug-likeness (QED) is 0.719. The van der Waals surface area contributed by atoms with Crippen LogP contribution >= 0.6 is 0 Å². The van der Waals surface area contributed by atoms with Gasteiger partial charge in [-0.2, -0.15) is 0 Å². The highest BCUT2D eigenvalue weighted by atomic mass is 16.4. The first-order chi connectivity index (χ1) is 7.99. The van der Waals surface area contributed by atoms with Crippen molar-refractivity contribution in [3.8, 4) is 0 Å². The van der Waals surface area contributed by atoms with Crippen molar-refractivity contribution < 1.29 is 14.7 Å². The summed E-state index contributed by atoms with van der Waals surface area (Å²) in [5.41, 5.74) is -1.14. The van der Waals surface area contributed by atoms with Crippen molar-refractivity contribution in [2.75, 3.05) is 0 Å². The van der Waals surface area contributed by atoms with Gasteiger partial charge in [-0.15, -0.1) is 0 Å². The molecule has 0 spiro atoms. The predicted molar refractivity (Wildman–Crippen MR) is 69.3 cm³/mol. The third kappa shape index (κ3) is 2.18. The summed E-state index contributed by atoms with van der Waals surface area (Å²) in [6, 6.07) is -0.342. The van der Waals surface area contributed by atoms with E-state index in [1.165, 1.54) is 6.92 Å². The van der Waals surface area contributed by atoms with E-state index in [1.54, 1.807) is 6.92 Å². The van der Waals surface area contributed by atoms with Gasteiger partial charge >= 0.3 is 12.0 Å². The van der Waals surface area contributed by atoms with Crippen LogP contribution in [0.3, 0.4) is 0 Å². The summed E-state index contributed by atoms with van der Waals surface area (Å²) in [6.07, 6.45) is 0.340. The molecule has 1 fully saturated rings. The van der Waals surface area contributed by atoms with Gasteiger partial charge in [0.25, 0.3) is 0 Å². The van der Waals surface area contributed by atoms with Crippen molar-refractivity contribution in [1.29, 1.82) is 0 Å². The first kappa shape index (κ1) is 14.8. The Labute approximate surface area is 108 Å². The predicted octanol–water partition coefficient (Wildman–Crippen LogP) is 1.97. The molecule has 0 aromatic carbocycles. The molecule has 0 bridgehead atoms. The van der Waals surface area contributed by atoms with Gasteiger partial charge in [0.2, 0.25) is 0 Å². The number of amides is 2. The third-order valence-corrected chi connectivity index (χ3v) is 4.86. The molecule has 0 radical (unpaired) electrons. The zero-order chi connectivity index (χ0) is 14.4. The van der Waals surface area contributed by atoms with E-state index in [-0.39, 0.29) is 16.9 Å². The molecule has 0 heterocycles. The third-order valence-electron chi connectivity index (χ3n) is 4.86. The second kappa shape index (κ2) is 4.14. The lowest BCUT2D eigenvalue weighted by Crippen LogP contribution is -2.55. The summed E-state index contributed by atoms with van der Waals surface area (Å²) in [6.45, 7) is 11.6. The first-order valence-electron chi connectivity index (χ1n) is 6.31. The molecule has 5 heteroatoms. The van der Waals surface area contributed by atoms with Gasteiger partial charge in [0.05, 0.1) is 0 Å². The number of aliphatic carboxylic acids is 1. The molecule has 1 unspecified atom stereocenters. The molecule has 1 atom stereocenters. The molecule has 0 aromatic heterocycles. The number of hydrogen-bond donors (Lipinski definition) is 3. The van der Waals surface area contributed by atoms with E-state index in [9.17, 15) is 9.59 Å². The molecule has 104 valence electrons. The molecule has 1 aliphatic rings. The molecule has 1 aliphatic carbocycles. The monoisotopic (exact) mass is 256 g/mol. The molecule has 0 saturated heterocycles. The first-order valence-corrected chi connectivity index (χ1v) is 6.31. The van der Waals surface area contributed by atoms with Crippen molar-refractivity contribution in [3.05, 3.63) is 0 Å². The second-order valence-corrected chi connectivity index (χ2v) is 6.47. The topological polar surface area (TPSA) is 78.4 Å². The van der Waals surface area contributed by atoms with Gasteiger partial charge in [0.1, 0.15) is 5.54 Å². The van der Waals surface area contributed by atoms with E-state index >= 15 is 0 Å². The summed E-state index contributed by atoms with van der Waals surface area (Å²) in [5.74, 6) is -1.02. The van der Waals surface area contributed by atoms with Crippen molar-refractivity contribution >= 4 is 12.0 Å². The molecule has 1 rings (SSSR count). The fourth-order valence-corrected chi connectivity index (χ4v) is 2.27. The molecular formula is C13H24N2O3. The minimum Gasteiger partial charge on any atom is -0.480 e. The van der Waals surface area contributed by atoms with Gasteiger partial charge in [-0.3, -0.25) is 0 Å². The Morgan fingerprint density at radius 3 is 1.94 bits per heavy atom. The smallest absolute Gasteiger partial charge is 0.329 e. The molecule has 2 amide bonds. The number of carboxylic acids is 1. The van der Waals surface area contributed by atoms with Crippen LogP contribution in [-0.4, -0.2) is 28.7 Å². The Hall–Kier alpha value is -1.26. The summed E-state index contributed by atoms with van der Waals surface area (Å²) < 4.78 is 0. The number of nitrogens with one attached hydrogen (secondary N) is 2. The Bertz CT molecular complexity index is 362. The van der Waals surface area contributed by atoms with E-state index < -0.39 is 17.5 Å². The van der Waals surface area contributed by atoms with Crippen LogP contribution < -0.4 is 10.6 Å². The number of carbonyl (C=O) groups is 2. The lowest BCUT2D eigenvalue weighted by atomic mass is 10.00. The normalized spacial score (nSPS) is 23.9. The van der Waals surface area contributed by atoms with E-state index in [0.717, 1.165) is 0 Å². The maximum Gasteiger partial charge on any atom is 0.329 e. The van der Waals surface area contributed by atoms with E-state index in [2.05, 4.69) is 38.3 Å². The lowest BCUT2D eigenvalue weighted by molar-refractivity contribution is -0.143. The largest absolute Gasteiger partial charge is 0.480 e. The minimum atomic E-state index is -1.22. The van der Waals surface area contributed by atoms with E-state index in [1.807, 2.05) is 0 Å². The van der Waals surface area contributed by atoms with Crippen molar-refractivity contribution in [3.63, 3.8) is 0 Å². The highest BCUT2D eigenvalue weighted by Gasteiger charge is 2.65. The van der Waals surface area contributed by atoms with Crippen LogP contribution in [0.5, 0.6) is 0 Å². The highest BCUT2D eigenvalue weighted by molar-refractivity contribution is 5.86. The minimum absolute atomic E-state index is 0.0379. The van der Waals surface area contributed by atoms with Crippen molar-refractivity contribution in [2.24, 2.45) is 10.8 Å². The van der Waals surface area contributed by atoms with Gasteiger partial charge in [-0.1, -0.05) is 34.6 Å². The Balaban J connectivity index is 2.62. The Morgan fingerprint density at radius 2 is 1.67 bits per heavy atom. The Morgan fingerprint density at radius 1 is 1.22 bits per heavy atom. The zero-order valence-corrected chi connectivity index (χ0v) is 12.0. The van der Waals surface area contributed by atoms with Crippen LogP contribution in [0.1, 0.15) is 48.0 Å². The average Bonchev–Trinajstić information content (AvgIpc) is 2.60. The van der Waals surface area contributed by atoms with Gasteiger partial charge in [-0.05, 0) is 24.2 Å². The van der Waals surface area contributed by atoms with Crippen molar-refractivity contribution in [2.45, 2.75) is 59.5 Å². The Kier molecular flexibility index (Phi) is 3.40. The average molecular weight is 256 g/mol. The summed E-state index contributed by atoms with van der Waals surface area (Å²) >= 11 is 0. The lowest BCUT2D eigenvalue weighted by Gasteiger charge is -2.25. The maximum atomic E-state index is 11.9. The van der Waals surface area contributed by atoms with Gasteiger partial charge in [0.15, 0.2) is 0 Å². The molecule has 0 aliphatic heterocycles. The molecule has 1 saturated carbocycles. The SMILES string of the molecule is CCC(C)(NC(=O)NC1C(C)(C)C1(C)C)C(=O)O. The number of carbonyl (C=O) groups excluding carboxylic acids is 1. The number of rotatable bonds is 4. The summed E-state index contributed by atoms with van der Waals surface area (Å²) in [5, 5.41) is 14.5. The fourth-order valence-electron chi connectivity index (χ4n) is 2.27. The number of urea groups is 1. The van der Waals surface area contributed by atoms with Crippen LogP contribution in [0, 0.1) is 10.8 Å². The van der Waals surface area contributed by atoms with Gasteiger partial charge in [-0.25, -0.2) is 9.59 Å². The van der Waals surface area contributed by atoms with Crippen LogP contribution in [0.25, 0.3) is 0 Å². The molecule has 18 heavy (non-hydrogen) atoms. The van der Waals surface area contributed by atoms with Crippen molar-refractivity contribution in [1.82, 2.24) is 10.6 Å². The van der Waals surface area contributed by atoms with Crippen LogP contribution in [0.15, 0.2) is 0 Å². The second-order valence-electron chi connectivity index (χ2n) is 6.47. The van der Waals surface area contributed by atoms with Crippen LogP contribution in [0.4, 0.5) is 4.79 Å². The van der Waals surface area contributed by atoms with Crippen LogP contribution in [0.2, 0.25) is 0 Å². The molecule has 3 N–H and O–H groups in total. The van der Waals surface area contributed by atoms with E-state index in [0.29, 0.717) is 6.42 Å². The zero-order valence-electron chi connectivity index (χ0n) is 12.0. The summed E-state index contributed by atoms with van der Waals surface area (Å²) in [7, 11) is 0. The summed E-state index contributed by atoms with van der Waals surface area (Å²) in [4.78, 5) is 23.0. The van der Waals surface area contributed by atoms with Gasteiger partial charge in [0, 0.05) is 6.04 Å². The van der Waals surface area contributed by atoms with Crippen LogP contribution in [-0.2, 0) is 4.79 Å².